The first-order valence-electron chi connectivity index (χ1n) is 5.24. The average molecular weight is 207 g/mol. The van der Waals surface area contributed by atoms with E-state index in [9.17, 15) is 5.11 Å². The van der Waals surface area contributed by atoms with Crippen LogP contribution in [0.15, 0.2) is 18.2 Å². The number of nitrogens with zero attached hydrogens (tertiary/aromatic N) is 1. The normalized spacial score (nSPS) is 19.8. The van der Waals surface area contributed by atoms with Gasteiger partial charge < -0.3 is 14.7 Å². The summed E-state index contributed by atoms with van der Waals surface area (Å²) >= 11 is 0. The third kappa shape index (κ3) is 2.42. The van der Waals surface area contributed by atoms with Gasteiger partial charge in [0.2, 0.25) is 0 Å². The quantitative estimate of drug-likeness (QED) is 0.797. The Kier molecular flexibility index (Phi) is 2.82. The minimum absolute atomic E-state index is 0.278. The molecule has 0 bridgehead atoms. The standard InChI is InChI=1S/C12H17NO2/c1-13(2)7-9-5-10-3-4-11(14)6-12(10)15-8-9/h3-4,6,9,14H,5,7-8H2,1-2H3. The number of fused-ring (bicyclic) bond motifs is 1. The number of hydrogen-bond acceptors (Lipinski definition) is 3. The lowest BCUT2D eigenvalue weighted by molar-refractivity contribution is 0.187. The van der Waals surface area contributed by atoms with E-state index in [1.807, 2.05) is 6.07 Å². The molecule has 0 aliphatic carbocycles. The highest BCUT2D eigenvalue weighted by atomic mass is 16.5. The molecule has 3 nitrogen and oxygen atoms in total. The fraction of sp³-hybridized carbons (Fsp3) is 0.500. The van der Waals surface area contributed by atoms with Gasteiger partial charge in [-0.2, -0.15) is 0 Å². The Morgan fingerprint density at radius 1 is 1.47 bits per heavy atom. The van der Waals surface area contributed by atoms with Gasteiger partial charge in [-0.25, -0.2) is 0 Å². The summed E-state index contributed by atoms with van der Waals surface area (Å²) in [7, 11) is 4.15. The van der Waals surface area contributed by atoms with Crippen LogP contribution in [0.1, 0.15) is 5.56 Å². The summed E-state index contributed by atoms with van der Waals surface area (Å²) in [6.07, 6.45) is 1.04. The van der Waals surface area contributed by atoms with E-state index < -0.39 is 0 Å². The molecule has 1 N–H and O–H groups in total. The second kappa shape index (κ2) is 4.11. The van der Waals surface area contributed by atoms with Gasteiger partial charge in [0.05, 0.1) is 6.61 Å². The van der Waals surface area contributed by atoms with Crippen molar-refractivity contribution in [1.82, 2.24) is 4.90 Å². The maximum Gasteiger partial charge on any atom is 0.126 e. The minimum Gasteiger partial charge on any atom is -0.508 e. The zero-order valence-electron chi connectivity index (χ0n) is 9.23. The van der Waals surface area contributed by atoms with E-state index in [2.05, 4.69) is 19.0 Å². The van der Waals surface area contributed by atoms with Crippen LogP contribution in [0.5, 0.6) is 11.5 Å². The SMILES string of the molecule is CN(C)CC1COc2cc(O)ccc2C1. The molecule has 15 heavy (non-hydrogen) atoms. The van der Waals surface area contributed by atoms with Crippen molar-refractivity contribution in [1.29, 1.82) is 0 Å². The Bertz CT molecular complexity index is 349. The van der Waals surface area contributed by atoms with Crippen molar-refractivity contribution in [2.45, 2.75) is 6.42 Å². The Hall–Kier alpha value is -1.22. The molecule has 1 aliphatic heterocycles. The third-order valence-corrected chi connectivity index (χ3v) is 2.66. The van der Waals surface area contributed by atoms with Crippen LogP contribution < -0.4 is 4.74 Å². The molecule has 1 aromatic carbocycles. The van der Waals surface area contributed by atoms with E-state index >= 15 is 0 Å². The van der Waals surface area contributed by atoms with Gasteiger partial charge in [-0.3, -0.25) is 0 Å². The molecular formula is C12H17NO2. The van der Waals surface area contributed by atoms with Crippen molar-refractivity contribution in [2.75, 3.05) is 27.2 Å². The van der Waals surface area contributed by atoms with Gasteiger partial charge in [0.1, 0.15) is 11.5 Å². The minimum atomic E-state index is 0.278. The number of phenolic OH excluding ortho intramolecular Hbond substituents is 1. The van der Waals surface area contributed by atoms with Crippen molar-refractivity contribution >= 4 is 0 Å². The van der Waals surface area contributed by atoms with Crippen molar-refractivity contribution in [3.05, 3.63) is 23.8 Å². The molecule has 1 unspecified atom stereocenters. The second-order valence-electron chi connectivity index (χ2n) is 4.44. The largest absolute Gasteiger partial charge is 0.508 e. The van der Waals surface area contributed by atoms with Crippen LogP contribution in [0.3, 0.4) is 0 Å². The van der Waals surface area contributed by atoms with Crippen LogP contribution in [0, 0.1) is 5.92 Å². The molecule has 1 aromatic rings. The first kappa shape index (κ1) is 10.3. The maximum absolute atomic E-state index is 9.31. The van der Waals surface area contributed by atoms with Gasteiger partial charge in [0.25, 0.3) is 0 Å². The fourth-order valence-corrected chi connectivity index (χ4v) is 2.06. The van der Waals surface area contributed by atoms with Gasteiger partial charge in [0.15, 0.2) is 0 Å². The highest BCUT2D eigenvalue weighted by Crippen LogP contribution is 2.30. The van der Waals surface area contributed by atoms with Gasteiger partial charge in [0, 0.05) is 18.5 Å². The Morgan fingerprint density at radius 2 is 2.27 bits per heavy atom. The molecule has 1 heterocycles. The molecule has 0 aromatic heterocycles. The predicted molar refractivity (Wildman–Crippen MR) is 59.3 cm³/mol. The van der Waals surface area contributed by atoms with Gasteiger partial charge in [-0.05, 0) is 32.1 Å². The first-order chi connectivity index (χ1) is 7.15. The lowest BCUT2D eigenvalue weighted by Gasteiger charge is -2.27. The molecular weight excluding hydrogens is 190 g/mol. The van der Waals surface area contributed by atoms with Crippen LogP contribution in [0.4, 0.5) is 0 Å². The molecule has 3 heteroatoms. The lowest BCUT2D eigenvalue weighted by Crippen LogP contribution is -2.30. The summed E-state index contributed by atoms with van der Waals surface area (Å²) in [5.41, 5.74) is 1.20. The molecule has 0 saturated carbocycles. The van der Waals surface area contributed by atoms with Crippen LogP contribution in [0.25, 0.3) is 0 Å². The molecule has 2 rings (SSSR count). The van der Waals surface area contributed by atoms with Gasteiger partial charge in [-0.1, -0.05) is 6.07 Å². The summed E-state index contributed by atoms with van der Waals surface area (Å²) in [6.45, 7) is 1.79. The number of rotatable bonds is 2. The van der Waals surface area contributed by atoms with E-state index in [-0.39, 0.29) is 5.75 Å². The lowest BCUT2D eigenvalue weighted by atomic mass is 9.96. The molecule has 0 radical (unpaired) electrons. The molecule has 0 spiro atoms. The summed E-state index contributed by atoms with van der Waals surface area (Å²) in [5.74, 6) is 1.67. The number of ether oxygens (including phenoxy) is 1. The number of aromatic hydroxyl groups is 1. The van der Waals surface area contributed by atoms with Crippen molar-refractivity contribution in [3.8, 4) is 11.5 Å². The third-order valence-electron chi connectivity index (χ3n) is 2.66. The van der Waals surface area contributed by atoms with E-state index in [0.717, 1.165) is 25.3 Å². The maximum atomic E-state index is 9.31. The molecule has 0 fully saturated rings. The molecule has 82 valence electrons. The highest BCUT2D eigenvalue weighted by molar-refractivity contribution is 5.41. The number of benzene rings is 1. The smallest absolute Gasteiger partial charge is 0.126 e. The summed E-state index contributed by atoms with van der Waals surface area (Å²) in [5, 5.41) is 9.31. The first-order valence-corrected chi connectivity index (χ1v) is 5.24. The van der Waals surface area contributed by atoms with Crippen molar-refractivity contribution in [2.24, 2.45) is 5.92 Å². The monoisotopic (exact) mass is 207 g/mol. The highest BCUT2D eigenvalue weighted by Gasteiger charge is 2.20. The summed E-state index contributed by atoms with van der Waals surface area (Å²) in [4.78, 5) is 2.18. The predicted octanol–water partition coefficient (Wildman–Crippen LogP) is 1.50. The van der Waals surface area contributed by atoms with Crippen LogP contribution in [-0.2, 0) is 6.42 Å². The zero-order valence-corrected chi connectivity index (χ0v) is 9.23. The molecule has 0 amide bonds. The Morgan fingerprint density at radius 3 is 3.00 bits per heavy atom. The Balaban J connectivity index is 2.10. The number of phenols is 1. The van der Waals surface area contributed by atoms with Crippen molar-refractivity contribution in [3.63, 3.8) is 0 Å². The van der Waals surface area contributed by atoms with E-state index in [1.54, 1.807) is 12.1 Å². The van der Waals surface area contributed by atoms with E-state index in [4.69, 9.17) is 4.74 Å². The van der Waals surface area contributed by atoms with Gasteiger partial charge in [-0.15, -0.1) is 0 Å². The summed E-state index contributed by atoms with van der Waals surface area (Å²) in [6, 6.07) is 5.37. The molecule has 1 atom stereocenters. The molecule has 0 saturated heterocycles. The number of hydrogen-bond donors (Lipinski definition) is 1. The van der Waals surface area contributed by atoms with Crippen molar-refractivity contribution < 1.29 is 9.84 Å². The van der Waals surface area contributed by atoms with E-state index in [0.29, 0.717) is 5.92 Å². The zero-order chi connectivity index (χ0) is 10.8. The summed E-state index contributed by atoms with van der Waals surface area (Å²) < 4.78 is 5.63. The Labute approximate surface area is 90.3 Å². The van der Waals surface area contributed by atoms with Crippen LogP contribution in [-0.4, -0.2) is 37.3 Å². The average Bonchev–Trinajstić information content (AvgIpc) is 2.17. The topological polar surface area (TPSA) is 32.7 Å². The van der Waals surface area contributed by atoms with Gasteiger partial charge >= 0.3 is 0 Å². The van der Waals surface area contributed by atoms with Crippen LogP contribution >= 0.6 is 0 Å². The van der Waals surface area contributed by atoms with E-state index in [1.165, 1.54) is 5.56 Å². The molecule has 1 aliphatic rings. The van der Waals surface area contributed by atoms with Crippen LogP contribution in [0.2, 0.25) is 0 Å². The fourth-order valence-electron chi connectivity index (χ4n) is 2.06. The second-order valence-corrected chi connectivity index (χ2v) is 4.44.